The Labute approximate surface area is 223 Å². The minimum Gasteiger partial charge on any atom is -0.480 e. The van der Waals surface area contributed by atoms with Crippen LogP contribution in [0.15, 0.2) is 30.5 Å². The molecule has 2 aromatic rings. The molecule has 0 saturated carbocycles. The third-order valence-corrected chi connectivity index (χ3v) is 6.56. The lowest BCUT2D eigenvalue weighted by Crippen LogP contribution is -2.59. The summed E-state index contributed by atoms with van der Waals surface area (Å²) in [6.07, 6.45) is 3.35. The molecule has 1 heterocycles. The van der Waals surface area contributed by atoms with Crippen LogP contribution >= 0.6 is 0 Å². The topological polar surface area (TPSA) is 192 Å². The van der Waals surface area contributed by atoms with Crippen molar-refractivity contribution in [2.24, 2.45) is 23.3 Å². The average molecular weight is 531 g/mol. The van der Waals surface area contributed by atoms with Gasteiger partial charge >= 0.3 is 5.97 Å². The first-order valence-electron chi connectivity index (χ1n) is 13.1. The molecule has 0 aliphatic carbocycles. The smallest absolute Gasteiger partial charge is 0.326 e. The molecule has 9 N–H and O–H groups in total. The molecule has 3 amide bonds. The Bertz CT molecular complexity index is 1100. The van der Waals surface area contributed by atoms with Crippen molar-refractivity contribution < 1.29 is 24.3 Å². The maximum Gasteiger partial charge on any atom is 0.326 e. The van der Waals surface area contributed by atoms with E-state index in [-0.39, 0.29) is 24.7 Å². The van der Waals surface area contributed by atoms with E-state index in [0.717, 1.165) is 16.5 Å². The SMILES string of the molecule is CC(C)C(N)C(=O)NC(Cc1c[nH]c2ccccc12)C(=O)NC(C(=O)NC(CCCCN)C(=O)O)C(C)C. The second-order valence-corrected chi connectivity index (χ2v) is 10.3. The molecule has 11 heteroatoms. The predicted molar refractivity (Wildman–Crippen MR) is 146 cm³/mol. The van der Waals surface area contributed by atoms with Crippen molar-refractivity contribution >= 4 is 34.6 Å². The maximum atomic E-state index is 13.5. The maximum absolute atomic E-state index is 13.5. The first-order valence-corrected chi connectivity index (χ1v) is 13.1. The number of para-hydroxylation sites is 1. The zero-order valence-electron chi connectivity index (χ0n) is 22.6. The molecular formula is C27H42N6O5. The highest BCUT2D eigenvalue weighted by molar-refractivity contribution is 5.95. The molecular weight excluding hydrogens is 488 g/mol. The standard InChI is InChI=1S/C27H42N6O5/c1-15(2)22(29)25(35)32-21(13-17-14-30-19-10-6-5-9-18(17)19)24(34)33-23(16(3)4)26(36)31-20(27(37)38)11-7-8-12-28/h5-6,9-10,14-16,20-23,30H,7-8,11-13,28-29H2,1-4H3,(H,31,36)(H,32,35)(H,33,34)(H,37,38). The summed E-state index contributed by atoms with van der Waals surface area (Å²) in [5.74, 6) is -3.30. The number of fused-ring (bicyclic) bond motifs is 1. The molecule has 0 aliphatic heterocycles. The van der Waals surface area contributed by atoms with Crippen LogP contribution < -0.4 is 27.4 Å². The van der Waals surface area contributed by atoms with Crippen LogP contribution in [0.3, 0.4) is 0 Å². The zero-order valence-corrected chi connectivity index (χ0v) is 22.6. The van der Waals surface area contributed by atoms with Gasteiger partial charge in [0, 0.05) is 23.5 Å². The molecule has 0 radical (unpaired) electrons. The Kier molecular flexibility index (Phi) is 11.7. The number of aromatic nitrogens is 1. The Morgan fingerprint density at radius 3 is 2.16 bits per heavy atom. The third kappa shape index (κ3) is 8.56. The molecule has 1 aromatic carbocycles. The number of carboxylic acids is 1. The average Bonchev–Trinajstić information content (AvgIpc) is 3.27. The van der Waals surface area contributed by atoms with E-state index >= 15 is 0 Å². The summed E-state index contributed by atoms with van der Waals surface area (Å²) in [7, 11) is 0. The number of aromatic amines is 1. The number of unbranched alkanes of at least 4 members (excludes halogenated alkanes) is 1. The molecule has 38 heavy (non-hydrogen) atoms. The fraction of sp³-hybridized carbons (Fsp3) is 0.556. The molecule has 0 bridgehead atoms. The van der Waals surface area contributed by atoms with Crippen molar-refractivity contribution in [1.82, 2.24) is 20.9 Å². The molecule has 4 unspecified atom stereocenters. The minimum absolute atomic E-state index is 0.145. The van der Waals surface area contributed by atoms with Crippen LogP contribution in [-0.4, -0.2) is 64.5 Å². The van der Waals surface area contributed by atoms with Gasteiger partial charge in [0.05, 0.1) is 6.04 Å². The number of H-pyrrole nitrogens is 1. The summed E-state index contributed by atoms with van der Waals surface area (Å²) in [6.45, 7) is 7.54. The lowest BCUT2D eigenvalue weighted by atomic mass is 9.99. The van der Waals surface area contributed by atoms with Crippen LogP contribution in [0.1, 0.15) is 52.5 Å². The highest BCUT2D eigenvalue weighted by Crippen LogP contribution is 2.19. The Hall–Kier alpha value is -3.44. The summed E-state index contributed by atoms with van der Waals surface area (Å²) in [6, 6.07) is 3.66. The van der Waals surface area contributed by atoms with Gasteiger partial charge < -0.3 is 37.5 Å². The number of hydrogen-bond donors (Lipinski definition) is 7. The van der Waals surface area contributed by atoms with Crippen LogP contribution in [0, 0.1) is 11.8 Å². The molecule has 11 nitrogen and oxygen atoms in total. The van der Waals surface area contributed by atoms with Crippen molar-refractivity contribution in [1.29, 1.82) is 0 Å². The van der Waals surface area contributed by atoms with Gasteiger partial charge in [0.15, 0.2) is 0 Å². The first-order chi connectivity index (χ1) is 18.0. The number of aliphatic carboxylic acids is 1. The summed E-state index contributed by atoms with van der Waals surface area (Å²) in [5, 5.41) is 18.5. The van der Waals surface area contributed by atoms with Gasteiger partial charge in [-0.25, -0.2) is 4.79 Å². The highest BCUT2D eigenvalue weighted by Gasteiger charge is 2.32. The molecule has 0 saturated heterocycles. The number of nitrogens with two attached hydrogens (primary N) is 2. The first kappa shape index (κ1) is 30.8. The second-order valence-electron chi connectivity index (χ2n) is 10.3. The van der Waals surface area contributed by atoms with Crippen molar-refractivity contribution in [3.63, 3.8) is 0 Å². The van der Waals surface area contributed by atoms with E-state index in [1.165, 1.54) is 0 Å². The van der Waals surface area contributed by atoms with Crippen molar-refractivity contribution in [3.8, 4) is 0 Å². The van der Waals surface area contributed by atoms with Gasteiger partial charge in [0.2, 0.25) is 17.7 Å². The van der Waals surface area contributed by atoms with Crippen molar-refractivity contribution in [2.45, 2.75) is 77.5 Å². The Balaban J connectivity index is 2.25. The van der Waals surface area contributed by atoms with E-state index in [9.17, 15) is 24.3 Å². The lowest BCUT2D eigenvalue weighted by molar-refractivity contribution is -0.142. The fourth-order valence-corrected chi connectivity index (χ4v) is 4.10. The fourth-order valence-electron chi connectivity index (χ4n) is 4.10. The number of hydrogen-bond acceptors (Lipinski definition) is 6. The molecule has 1 aromatic heterocycles. The van der Waals surface area contributed by atoms with Crippen molar-refractivity contribution in [2.75, 3.05) is 6.54 Å². The second kappa shape index (κ2) is 14.5. The Morgan fingerprint density at radius 2 is 1.55 bits per heavy atom. The minimum atomic E-state index is -1.16. The molecule has 210 valence electrons. The van der Waals surface area contributed by atoms with Gasteiger partial charge in [-0.15, -0.1) is 0 Å². The van der Waals surface area contributed by atoms with Gasteiger partial charge in [-0.3, -0.25) is 14.4 Å². The number of carbonyl (C=O) groups excluding carboxylic acids is 3. The normalized spacial score (nSPS) is 14.6. The van der Waals surface area contributed by atoms with Gasteiger partial charge in [0.25, 0.3) is 0 Å². The van der Waals surface area contributed by atoms with Gasteiger partial charge in [-0.1, -0.05) is 45.9 Å². The number of carboxylic acid groups (broad SMARTS) is 1. The molecule has 0 fully saturated rings. The van der Waals surface area contributed by atoms with Crippen LogP contribution in [0.4, 0.5) is 0 Å². The van der Waals surface area contributed by atoms with E-state index in [1.807, 2.05) is 38.1 Å². The third-order valence-electron chi connectivity index (χ3n) is 6.56. The van der Waals surface area contributed by atoms with Crippen LogP contribution in [0.5, 0.6) is 0 Å². The van der Waals surface area contributed by atoms with Gasteiger partial charge in [-0.2, -0.15) is 0 Å². The number of benzene rings is 1. The monoisotopic (exact) mass is 530 g/mol. The predicted octanol–water partition coefficient (Wildman–Crippen LogP) is 1.02. The molecule has 2 rings (SSSR count). The summed E-state index contributed by atoms with van der Waals surface area (Å²) in [5.41, 5.74) is 13.2. The van der Waals surface area contributed by atoms with Crippen LogP contribution in [0.25, 0.3) is 10.9 Å². The molecule has 0 spiro atoms. The zero-order chi connectivity index (χ0) is 28.4. The van der Waals surface area contributed by atoms with Crippen molar-refractivity contribution in [3.05, 3.63) is 36.0 Å². The highest BCUT2D eigenvalue weighted by atomic mass is 16.4. The molecule has 0 aliphatic rings. The largest absolute Gasteiger partial charge is 0.480 e. The summed E-state index contributed by atoms with van der Waals surface area (Å²) in [4.78, 5) is 54.2. The van der Waals surface area contributed by atoms with Gasteiger partial charge in [-0.05, 0) is 49.3 Å². The van der Waals surface area contributed by atoms with Crippen LogP contribution in [0.2, 0.25) is 0 Å². The lowest BCUT2D eigenvalue weighted by Gasteiger charge is -2.27. The van der Waals surface area contributed by atoms with E-state index in [2.05, 4.69) is 20.9 Å². The van der Waals surface area contributed by atoms with E-state index in [1.54, 1.807) is 20.0 Å². The molecule has 4 atom stereocenters. The quantitative estimate of drug-likeness (QED) is 0.167. The number of rotatable bonds is 15. The number of nitrogens with one attached hydrogen (secondary N) is 4. The van der Waals surface area contributed by atoms with E-state index in [0.29, 0.717) is 19.4 Å². The Morgan fingerprint density at radius 1 is 0.895 bits per heavy atom. The number of carbonyl (C=O) groups is 4. The van der Waals surface area contributed by atoms with E-state index < -0.39 is 47.9 Å². The summed E-state index contributed by atoms with van der Waals surface area (Å²) >= 11 is 0. The van der Waals surface area contributed by atoms with E-state index in [4.69, 9.17) is 11.5 Å². The number of amides is 3. The summed E-state index contributed by atoms with van der Waals surface area (Å²) < 4.78 is 0. The van der Waals surface area contributed by atoms with Crippen LogP contribution in [-0.2, 0) is 25.6 Å². The van der Waals surface area contributed by atoms with Gasteiger partial charge in [0.1, 0.15) is 18.1 Å².